The van der Waals surface area contributed by atoms with Crippen molar-refractivity contribution in [1.29, 1.82) is 0 Å². The highest BCUT2D eigenvalue weighted by molar-refractivity contribution is 7.92. The zero-order valence-corrected chi connectivity index (χ0v) is 10.9. The van der Waals surface area contributed by atoms with Gasteiger partial charge in [0.1, 0.15) is 0 Å². The molecule has 0 saturated carbocycles. The molecule has 8 heteroatoms. The quantitative estimate of drug-likeness (QED) is 0.663. The lowest BCUT2D eigenvalue weighted by Gasteiger charge is -2.08. The second-order valence-electron chi connectivity index (χ2n) is 3.88. The third-order valence-corrected chi connectivity index (χ3v) is 3.86. The summed E-state index contributed by atoms with van der Waals surface area (Å²) in [5.41, 5.74) is -0.329. The van der Waals surface area contributed by atoms with Crippen molar-refractivity contribution < 1.29 is 18.4 Å². The lowest BCUT2D eigenvalue weighted by molar-refractivity contribution is -0.386. The molecule has 2 N–H and O–H groups in total. The van der Waals surface area contributed by atoms with Crippen LogP contribution < -0.4 is 4.72 Å². The fourth-order valence-electron chi connectivity index (χ4n) is 1.54. The fourth-order valence-corrected chi connectivity index (χ4v) is 2.62. The first-order valence-electron chi connectivity index (χ1n) is 5.45. The minimum absolute atomic E-state index is 0.300. The molecule has 0 bridgehead atoms. The van der Waals surface area contributed by atoms with Crippen molar-refractivity contribution in [1.82, 2.24) is 0 Å². The summed E-state index contributed by atoms with van der Waals surface area (Å²) in [4.78, 5) is 9.54. The van der Waals surface area contributed by atoms with Gasteiger partial charge in [-0.1, -0.05) is 18.2 Å². The minimum atomic E-state index is -3.95. The average molecular weight is 294 g/mol. The molecule has 20 heavy (non-hydrogen) atoms. The van der Waals surface area contributed by atoms with E-state index in [2.05, 4.69) is 4.72 Å². The van der Waals surface area contributed by atoms with Gasteiger partial charge in [0.15, 0.2) is 5.75 Å². The molecule has 0 atom stereocenters. The third kappa shape index (κ3) is 2.86. The number of aromatic hydroxyl groups is 1. The molecule has 2 rings (SSSR count). The largest absolute Gasteiger partial charge is 0.502 e. The van der Waals surface area contributed by atoms with Gasteiger partial charge in [-0.25, -0.2) is 8.42 Å². The molecule has 0 aliphatic carbocycles. The fraction of sp³-hybridized carbons (Fsp3) is 0. The van der Waals surface area contributed by atoms with Crippen LogP contribution in [0.3, 0.4) is 0 Å². The Bertz CT molecular complexity index is 744. The molecule has 0 aliphatic rings. The lowest BCUT2D eigenvalue weighted by atomic mass is 10.3. The highest BCUT2D eigenvalue weighted by Gasteiger charge is 2.21. The molecule has 0 unspecified atom stereocenters. The molecular weight excluding hydrogens is 284 g/mol. The molecule has 0 fully saturated rings. The van der Waals surface area contributed by atoms with E-state index in [0.29, 0.717) is 5.69 Å². The van der Waals surface area contributed by atoms with Gasteiger partial charge in [-0.2, -0.15) is 0 Å². The number of sulfonamides is 1. The van der Waals surface area contributed by atoms with Crippen molar-refractivity contribution >= 4 is 21.4 Å². The summed E-state index contributed by atoms with van der Waals surface area (Å²) in [6, 6.07) is 11.0. The van der Waals surface area contributed by atoms with E-state index in [1.807, 2.05) is 0 Å². The van der Waals surface area contributed by atoms with Crippen LogP contribution in [0.2, 0.25) is 0 Å². The zero-order valence-electron chi connectivity index (χ0n) is 10.1. The van der Waals surface area contributed by atoms with Gasteiger partial charge in [0.05, 0.1) is 9.82 Å². The van der Waals surface area contributed by atoms with Crippen LogP contribution in [-0.4, -0.2) is 18.4 Å². The van der Waals surface area contributed by atoms with Crippen molar-refractivity contribution in [3.63, 3.8) is 0 Å². The number of nitro groups is 1. The Balaban J connectivity index is 2.40. The number of nitrogens with zero attached hydrogens (tertiary/aromatic N) is 1. The number of hydrogen-bond donors (Lipinski definition) is 2. The minimum Gasteiger partial charge on any atom is -0.502 e. The highest BCUT2D eigenvalue weighted by atomic mass is 32.2. The number of rotatable bonds is 4. The Morgan fingerprint density at radius 2 is 1.75 bits per heavy atom. The number of nitrogens with one attached hydrogen (secondary N) is 1. The van der Waals surface area contributed by atoms with Crippen molar-refractivity contribution in [2.75, 3.05) is 4.72 Å². The normalized spacial score (nSPS) is 11.0. The van der Waals surface area contributed by atoms with Gasteiger partial charge in [0.25, 0.3) is 10.0 Å². The van der Waals surface area contributed by atoms with E-state index in [0.717, 1.165) is 18.2 Å². The maximum Gasteiger partial charge on any atom is 0.312 e. The molecule has 0 amide bonds. The van der Waals surface area contributed by atoms with Gasteiger partial charge in [0.2, 0.25) is 0 Å². The molecule has 0 heterocycles. The Labute approximate surface area is 114 Å². The number of para-hydroxylation sites is 1. The zero-order chi connectivity index (χ0) is 14.8. The van der Waals surface area contributed by atoms with E-state index < -0.39 is 26.4 Å². The van der Waals surface area contributed by atoms with Gasteiger partial charge in [-0.3, -0.25) is 14.8 Å². The number of benzene rings is 2. The van der Waals surface area contributed by atoms with Gasteiger partial charge >= 0.3 is 5.69 Å². The molecule has 0 spiro atoms. The smallest absolute Gasteiger partial charge is 0.312 e. The third-order valence-electron chi connectivity index (χ3n) is 2.48. The first-order valence-corrected chi connectivity index (χ1v) is 6.94. The summed E-state index contributed by atoms with van der Waals surface area (Å²) in [5.74, 6) is -0.589. The summed E-state index contributed by atoms with van der Waals surface area (Å²) >= 11 is 0. The molecule has 7 nitrogen and oxygen atoms in total. The molecule has 0 aromatic heterocycles. The van der Waals surface area contributed by atoms with Crippen LogP contribution in [0.15, 0.2) is 53.4 Å². The van der Waals surface area contributed by atoms with Crippen molar-refractivity contribution in [3.8, 4) is 5.75 Å². The summed E-state index contributed by atoms with van der Waals surface area (Å²) in [6.07, 6.45) is 0. The van der Waals surface area contributed by atoms with E-state index in [9.17, 15) is 23.6 Å². The Morgan fingerprint density at radius 3 is 2.35 bits per heavy atom. The van der Waals surface area contributed by atoms with E-state index >= 15 is 0 Å². The van der Waals surface area contributed by atoms with Crippen LogP contribution in [0.1, 0.15) is 0 Å². The van der Waals surface area contributed by atoms with Crippen molar-refractivity contribution in [2.45, 2.75) is 4.90 Å². The second-order valence-corrected chi connectivity index (χ2v) is 5.56. The summed E-state index contributed by atoms with van der Waals surface area (Å²) in [5, 5.41) is 20.0. The van der Waals surface area contributed by atoms with Gasteiger partial charge in [0, 0.05) is 11.8 Å². The van der Waals surface area contributed by atoms with Crippen LogP contribution >= 0.6 is 0 Å². The summed E-state index contributed by atoms with van der Waals surface area (Å²) in [7, 11) is -3.95. The van der Waals surface area contributed by atoms with E-state index in [4.69, 9.17) is 0 Å². The first-order chi connectivity index (χ1) is 9.40. The molecule has 104 valence electrons. The molecule has 2 aromatic carbocycles. The molecule has 2 aromatic rings. The number of hydrogen-bond acceptors (Lipinski definition) is 5. The molecular formula is C12H10N2O5S. The maximum atomic E-state index is 12.1. The first kappa shape index (κ1) is 13.8. The predicted octanol–water partition coefficient (Wildman–Crippen LogP) is 2.10. The van der Waals surface area contributed by atoms with Crippen LogP contribution in [0.5, 0.6) is 5.75 Å². The lowest BCUT2D eigenvalue weighted by Crippen LogP contribution is -2.13. The number of nitro benzene ring substituents is 1. The second kappa shape index (κ2) is 5.17. The molecule has 0 saturated heterocycles. The van der Waals surface area contributed by atoms with Gasteiger partial charge in [-0.05, 0) is 24.3 Å². The predicted molar refractivity (Wildman–Crippen MR) is 72.0 cm³/mol. The summed E-state index contributed by atoms with van der Waals surface area (Å²) < 4.78 is 26.4. The highest BCUT2D eigenvalue weighted by Crippen LogP contribution is 2.28. The maximum absolute atomic E-state index is 12.1. The molecule has 0 radical (unpaired) electrons. The van der Waals surface area contributed by atoms with Crippen molar-refractivity contribution in [2.24, 2.45) is 0 Å². The van der Waals surface area contributed by atoms with E-state index in [-0.39, 0.29) is 4.90 Å². The van der Waals surface area contributed by atoms with E-state index in [1.165, 1.54) is 0 Å². The number of phenols is 1. The Morgan fingerprint density at radius 1 is 1.10 bits per heavy atom. The average Bonchev–Trinajstić information content (AvgIpc) is 2.39. The summed E-state index contributed by atoms with van der Waals surface area (Å²) in [6.45, 7) is 0. The van der Waals surface area contributed by atoms with Gasteiger partial charge in [-0.15, -0.1) is 0 Å². The Hall–Kier alpha value is -2.61. The van der Waals surface area contributed by atoms with Crippen LogP contribution in [-0.2, 0) is 10.0 Å². The standard InChI is InChI=1S/C12H10N2O5S/c15-12-7-6-10(8-11(12)14(16)17)20(18,19)13-9-4-2-1-3-5-9/h1-8,13,15H. The molecule has 0 aliphatic heterocycles. The SMILES string of the molecule is O=[N+]([O-])c1cc(S(=O)(=O)Nc2ccccc2)ccc1O. The van der Waals surface area contributed by atoms with Crippen LogP contribution in [0.25, 0.3) is 0 Å². The van der Waals surface area contributed by atoms with Crippen molar-refractivity contribution in [3.05, 3.63) is 58.6 Å². The monoisotopic (exact) mass is 294 g/mol. The number of phenolic OH excluding ortho intramolecular Hbond substituents is 1. The topological polar surface area (TPSA) is 110 Å². The van der Waals surface area contributed by atoms with Crippen LogP contribution in [0, 0.1) is 10.1 Å². The van der Waals surface area contributed by atoms with E-state index in [1.54, 1.807) is 30.3 Å². The Kier molecular flexibility index (Phi) is 3.57. The van der Waals surface area contributed by atoms with Crippen LogP contribution in [0.4, 0.5) is 11.4 Å². The number of anilines is 1. The van der Waals surface area contributed by atoms with Gasteiger partial charge < -0.3 is 5.11 Å².